The number of nitrogens with zero attached hydrogens (tertiary/aromatic N) is 8. The number of nitrogens with one attached hydrogen (secondary N) is 1. The molecule has 2 saturated heterocycles. The number of aliphatic hydroxyl groups is 1. The number of anilines is 2. The third-order valence-corrected chi connectivity index (χ3v) is 11.4. The standard InChI is InChI=1S/C44H45F2N9O3/c1-25-32(7-5-9-34(25)43-51-37-18-27(17-30(20-47)39(37)58-43)22-54-14-11-29(12-15-54)44(57)53(3)4)33-8-6-10-35(26(33)2)49-41-38-36(50-42(52-41)40(45)46)19-28(21-48-38)23-55-16-13-31(56)24-55/h5-10,17-19,21,29,31,40,56H,11-16,22-24H2,1-4H3,(H,49,50,52)/t31-/m1/s1. The SMILES string of the molecule is Cc1c(Nc2nc(C(F)F)nc3cc(CN4CC[C@@H](O)C4)cnc23)cccc1-c1cccc(-c2nc3cc(CN4CCC(C(=O)N(C)C)CC4)cc(C#N)c3o2)c1C. The second-order valence-electron chi connectivity index (χ2n) is 15.6. The van der Waals surface area contributed by atoms with Gasteiger partial charge in [0.25, 0.3) is 6.43 Å². The number of rotatable bonds is 10. The number of halogens is 2. The zero-order valence-electron chi connectivity index (χ0n) is 33.0. The summed E-state index contributed by atoms with van der Waals surface area (Å²) in [6.45, 7) is 8.02. The molecule has 2 N–H and O–H groups in total. The third-order valence-electron chi connectivity index (χ3n) is 11.4. The largest absolute Gasteiger partial charge is 0.435 e. The van der Waals surface area contributed by atoms with Crippen LogP contribution in [0.15, 0.2) is 65.2 Å². The van der Waals surface area contributed by atoms with Crippen molar-refractivity contribution < 1.29 is 23.1 Å². The number of amides is 1. The molecule has 0 bridgehead atoms. The number of pyridine rings is 1. The molecular formula is C44H45F2N9O3. The highest BCUT2D eigenvalue weighted by molar-refractivity contribution is 5.90. The lowest BCUT2D eigenvalue weighted by Crippen LogP contribution is -2.39. The first-order valence-corrected chi connectivity index (χ1v) is 19.5. The Hall–Kier alpha value is -5.88. The second kappa shape index (κ2) is 16.2. The number of benzene rings is 3. The van der Waals surface area contributed by atoms with Crippen LogP contribution in [0.4, 0.5) is 20.3 Å². The molecule has 14 heteroatoms. The number of fused-ring (bicyclic) bond motifs is 2. The van der Waals surface area contributed by atoms with Crippen molar-refractivity contribution in [3.8, 4) is 28.7 Å². The second-order valence-corrected chi connectivity index (χ2v) is 15.6. The molecule has 12 nitrogen and oxygen atoms in total. The van der Waals surface area contributed by atoms with Crippen molar-refractivity contribution in [2.75, 3.05) is 45.6 Å². The minimum absolute atomic E-state index is 0.0386. The van der Waals surface area contributed by atoms with Crippen LogP contribution in [-0.2, 0) is 17.9 Å². The summed E-state index contributed by atoms with van der Waals surface area (Å²) in [6.07, 6.45) is 0.743. The van der Waals surface area contributed by atoms with Crippen molar-refractivity contribution in [2.45, 2.75) is 58.7 Å². The Morgan fingerprint density at radius 1 is 0.931 bits per heavy atom. The van der Waals surface area contributed by atoms with Gasteiger partial charge in [0.2, 0.25) is 11.8 Å². The number of alkyl halides is 2. The number of nitriles is 1. The summed E-state index contributed by atoms with van der Waals surface area (Å²) in [7, 11) is 3.60. The molecule has 0 spiro atoms. The Morgan fingerprint density at radius 2 is 1.62 bits per heavy atom. The van der Waals surface area contributed by atoms with Crippen molar-refractivity contribution >= 4 is 39.5 Å². The summed E-state index contributed by atoms with van der Waals surface area (Å²) in [5, 5.41) is 23.4. The highest BCUT2D eigenvalue weighted by Crippen LogP contribution is 2.38. The summed E-state index contributed by atoms with van der Waals surface area (Å²) >= 11 is 0. The number of β-amino-alcohol motifs (C(OH)–C–C–N with tert-alkyl or cyclic N) is 1. The van der Waals surface area contributed by atoms with E-state index in [1.165, 1.54) is 0 Å². The number of likely N-dealkylation sites (tertiary alicyclic amines) is 2. The molecule has 3 aromatic heterocycles. The van der Waals surface area contributed by atoms with Gasteiger partial charge in [-0.15, -0.1) is 0 Å². The summed E-state index contributed by atoms with van der Waals surface area (Å²) in [4.78, 5) is 36.4. The lowest BCUT2D eigenvalue weighted by atomic mass is 9.93. The van der Waals surface area contributed by atoms with Gasteiger partial charge in [0.05, 0.1) is 17.2 Å². The number of hydrogen-bond acceptors (Lipinski definition) is 11. The number of carbonyl (C=O) groups is 1. The van der Waals surface area contributed by atoms with Crippen LogP contribution < -0.4 is 5.32 Å². The van der Waals surface area contributed by atoms with Gasteiger partial charge >= 0.3 is 0 Å². The Bertz CT molecular complexity index is 2560. The molecule has 1 amide bonds. The van der Waals surface area contributed by atoms with Crippen LogP contribution in [0.25, 0.3) is 44.7 Å². The maximum atomic E-state index is 14.1. The summed E-state index contributed by atoms with van der Waals surface area (Å²) in [6, 6.07) is 19.5. The van der Waals surface area contributed by atoms with E-state index in [0.29, 0.717) is 65.3 Å². The fourth-order valence-electron chi connectivity index (χ4n) is 8.26. The van der Waals surface area contributed by atoms with E-state index in [-0.39, 0.29) is 23.7 Å². The van der Waals surface area contributed by atoms with E-state index in [2.05, 4.69) is 36.1 Å². The highest BCUT2D eigenvalue weighted by atomic mass is 19.3. The van der Waals surface area contributed by atoms with Crippen molar-refractivity contribution in [2.24, 2.45) is 5.92 Å². The molecule has 5 heterocycles. The normalized spacial score (nSPS) is 16.7. The Morgan fingerprint density at radius 3 is 2.33 bits per heavy atom. The number of carbonyl (C=O) groups excluding carboxylic acids is 1. The Kier molecular flexibility index (Phi) is 10.9. The van der Waals surface area contributed by atoms with Crippen molar-refractivity contribution in [1.82, 2.24) is 34.6 Å². The predicted molar refractivity (Wildman–Crippen MR) is 217 cm³/mol. The number of piperidine rings is 1. The maximum Gasteiger partial charge on any atom is 0.297 e. The number of aliphatic hydroxyl groups excluding tert-OH is 1. The fourth-order valence-corrected chi connectivity index (χ4v) is 8.26. The topological polar surface area (TPSA) is 148 Å². The van der Waals surface area contributed by atoms with E-state index in [4.69, 9.17) is 9.40 Å². The molecule has 8 rings (SSSR count). The van der Waals surface area contributed by atoms with E-state index in [1.807, 2.05) is 62.4 Å². The fraction of sp³-hybridized carbons (Fsp3) is 0.364. The highest BCUT2D eigenvalue weighted by Gasteiger charge is 2.27. The lowest BCUT2D eigenvalue weighted by molar-refractivity contribution is -0.134. The Labute approximate surface area is 335 Å². The van der Waals surface area contributed by atoms with Gasteiger partial charge in [-0.1, -0.05) is 24.3 Å². The van der Waals surface area contributed by atoms with E-state index < -0.39 is 12.2 Å². The minimum atomic E-state index is -2.88. The molecule has 2 aliphatic rings. The van der Waals surface area contributed by atoms with Crippen molar-refractivity contribution in [3.63, 3.8) is 0 Å². The van der Waals surface area contributed by atoms with Gasteiger partial charge in [0, 0.05) is 63.6 Å². The monoisotopic (exact) mass is 785 g/mol. The average molecular weight is 786 g/mol. The summed E-state index contributed by atoms with van der Waals surface area (Å²) in [5.74, 6) is 0.197. The van der Waals surface area contributed by atoms with Gasteiger partial charge in [0.15, 0.2) is 17.2 Å². The van der Waals surface area contributed by atoms with Gasteiger partial charge in [-0.05, 0) is 110 Å². The average Bonchev–Trinajstić information content (AvgIpc) is 3.83. The van der Waals surface area contributed by atoms with Crippen LogP contribution in [-0.4, -0.2) is 92.0 Å². The van der Waals surface area contributed by atoms with Crippen LogP contribution >= 0.6 is 0 Å². The molecular weight excluding hydrogens is 741 g/mol. The number of oxazole rings is 1. The van der Waals surface area contributed by atoms with Crippen LogP contribution in [0.2, 0.25) is 0 Å². The number of aromatic nitrogens is 4. The van der Waals surface area contributed by atoms with Crippen LogP contribution in [0, 0.1) is 31.1 Å². The molecule has 0 aliphatic carbocycles. The first-order chi connectivity index (χ1) is 27.9. The minimum Gasteiger partial charge on any atom is -0.435 e. The van der Waals surface area contributed by atoms with Gasteiger partial charge in [-0.3, -0.25) is 19.6 Å². The van der Waals surface area contributed by atoms with Crippen LogP contribution in [0.1, 0.15) is 59.3 Å². The van der Waals surface area contributed by atoms with Gasteiger partial charge in [-0.25, -0.2) is 23.7 Å². The quantitative estimate of drug-likeness (QED) is 0.142. The maximum absolute atomic E-state index is 14.1. The summed E-state index contributed by atoms with van der Waals surface area (Å²) < 4.78 is 34.5. The van der Waals surface area contributed by atoms with E-state index in [9.17, 15) is 23.9 Å². The molecule has 0 radical (unpaired) electrons. The van der Waals surface area contributed by atoms with E-state index in [1.54, 1.807) is 31.3 Å². The van der Waals surface area contributed by atoms with Crippen LogP contribution in [0.3, 0.4) is 0 Å². The molecule has 3 aromatic carbocycles. The molecule has 0 saturated carbocycles. The number of hydrogen-bond donors (Lipinski definition) is 2. The zero-order chi connectivity index (χ0) is 40.7. The van der Waals surface area contributed by atoms with E-state index in [0.717, 1.165) is 71.4 Å². The van der Waals surface area contributed by atoms with E-state index >= 15 is 0 Å². The zero-order valence-corrected chi connectivity index (χ0v) is 33.0. The van der Waals surface area contributed by atoms with Gasteiger partial charge < -0.3 is 19.7 Å². The molecule has 0 unspecified atom stereocenters. The molecule has 58 heavy (non-hydrogen) atoms. The van der Waals surface area contributed by atoms with Crippen molar-refractivity contribution in [3.05, 3.63) is 94.4 Å². The first kappa shape index (κ1) is 39.0. The van der Waals surface area contributed by atoms with Crippen LogP contribution in [0.5, 0.6) is 0 Å². The molecule has 298 valence electrons. The predicted octanol–water partition coefficient (Wildman–Crippen LogP) is 7.54. The Balaban J connectivity index is 1.06. The smallest absolute Gasteiger partial charge is 0.297 e. The molecule has 1 atom stereocenters. The van der Waals surface area contributed by atoms with Crippen molar-refractivity contribution in [1.29, 1.82) is 5.26 Å². The van der Waals surface area contributed by atoms with Gasteiger partial charge in [0.1, 0.15) is 17.1 Å². The summed E-state index contributed by atoms with van der Waals surface area (Å²) in [5.41, 5.74) is 8.95. The van der Waals surface area contributed by atoms with Gasteiger partial charge in [-0.2, -0.15) is 5.26 Å². The molecule has 2 aliphatic heterocycles. The lowest BCUT2D eigenvalue weighted by Gasteiger charge is -2.32. The third kappa shape index (κ3) is 7.85. The molecule has 6 aromatic rings. The first-order valence-electron chi connectivity index (χ1n) is 19.5. The molecule has 2 fully saturated rings.